The number of hydrazine groups is 1. The van der Waals surface area contributed by atoms with Crippen LogP contribution in [-0.2, 0) is 10.0 Å². The molecule has 0 aliphatic carbocycles. The Morgan fingerprint density at radius 3 is 2.11 bits per heavy atom. The maximum absolute atomic E-state index is 10.1. The van der Waals surface area contributed by atoms with Crippen LogP contribution in [0, 0.1) is 0 Å². The fraction of sp³-hybridized carbons (Fsp3) is 0.500. The molecule has 0 fully saturated rings. The van der Waals surface area contributed by atoms with Crippen LogP contribution in [0.15, 0.2) is 0 Å². The van der Waals surface area contributed by atoms with Crippen LogP contribution in [0.2, 0.25) is 0 Å². The lowest BCUT2D eigenvalue weighted by molar-refractivity contribution is 0.192. The van der Waals surface area contributed by atoms with Gasteiger partial charge < -0.3 is 5.11 Å². The van der Waals surface area contributed by atoms with E-state index < -0.39 is 16.1 Å². The van der Waals surface area contributed by atoms with Gasteiger partial charge in [0.1, 0.15) is 0 Å². The molecule has 0 spiro atoms. The molecule has 0 aliphatic heterocycles. The van der Waals surface area contributed by atoms with Crippen LogP contribution in [0.25, 0.3) is 0 Å². The van der Waals surface area contributed by atoms with Gasteiger partial charge in [0.05, 0.1) is 6.26 Å². The molecule has 1 amide bonds. The predicted octanol–water partition coefficient (Wildman–Crippen LogP) is -1.28. The van der Waals surface area contributed by atoms with Crippen molar-refractivity contribution in [3.8, 4) is 0 Å². The Labute approximate surface area is 51.9 Å². The van der Waals surface area contributed by atoms with Crippen molar-refractivity contribution >= 4 is 16.1 Å². The topological polar surface area (TPSA) is 95.5 Å². The molecule has 0 aromatic heterocycles. The van der Waals surface area contributed by atoms with Gasteiger partial charge in [-0.3, -0.25) is 0 Å². The van der Waals surface area contributed by atoms with E-state index in [0.717, 1.165) is 6.26 Å². The fourth-order valence-corrected chi connectivity index (χ4v) is 0.409. The van der Waals surface area contributed by atoms with Crippen molar-refractivity contribution in [3.63, 3.8) is 0 Å². The Kier molecular flexibility index (Phi) is 2.41. The Hall–Kier alpha value is -0.820. The van der Waals surface area contributed by atoms with Gasteiger partial charge in [0.25, 0.3) is 0 Å². The van der Waals surface area contributed by atoms with E-state index in [4.69, 9.17) is 5.11 Å². The number of amides is 1. The smallest absolute Gasteiger partial charge is 0.420 e. The van der Waals surface area contributed by atoms with Gasteiger partial charge in [0.15, 0.2) is 0 Å². The molecule has 0 unspecified atom stereocenters. The molecule has 6 nitrogen and oxygen atoms in total. The monoisotopic (exact) mass is 154 g/mol. The minimum Gasteiger partial charge on any atom is -0.464 e. The van der Waals surface area contributed by atoms with E-state index in [1.807, 2.05) is 0 Å². The van der Waals surface area contributed by atoms with Gasteiger partial charge in [-0.05, 0) is 0 Å². The molecule has 0 aromatic carbocycles. The van der Waals surface area contributed by atoms with E-state index >= 15 is 0 Å². The van der Waals surface area contributed by atoms with Gasteiger partial charge in [0.2, 0.25) is 10.0 Å². The van der Waals surface area contributed by atoms with E-state index in [2.05, 4.69) is 0 Å². The van der Waals surface area contributed by atoms with Gasteiger partial charge >= 0.3 is 6.09 Å². The molecule has 0 saturated heterocycles. The summed E-state index contributed by atoms with van der Waals surface area (Å²) in [5.41, 5.74) is 1.46. The first-order valence-corrected chi connectivity index (χ1v) is 3.76. The van der Waals surface area contributed by atoms with Gasteiger partial charge in [0, 0.05) is 0 Å². The molecule has 9 heavy (non-hydrogen) atoms. The Morgan fingerprint density at radius 1 is 1.56 bits per heavy atom. The molecular formula is C2H6N2O4S. The second kappa shape index (κ2) is 2.65. The van der Waals surface area contributed by atoms with Crippen LogP contribution >= 0.6 is 0 Å². The molecule has 54 valence electrons. The quantitative estimate of drug-likeness (QED) is 0.431. The number of nitrogens with one attached hydrogen (secondary N) is 2. The molecule has 0 aromatic rings. The Bertz CT molecular complexity index is 195. The number of carbonyl (C=O) groups is 1. The number of rotatable bonds is 2. The van der Waals surface area contributed by atoms with Crippen LogP contribution in [0.5, 0.6) is 0 Å². The summed E-state index contributed by atoms with van der Waals surface area (Å²) in [4.78, 5) is 11.2. The number of carboxylic acid groups (broad SMARTS) is 1. The third-order valence-corrected chi connectivity index (χ3v) is 0.816. The number of hydrogen-bond donors (Lipinski definition) is 3. The highest BCUT2D eigenvalue weighted by Gasteiger charge is 1.99. The number of sulfonamides is 1. The zero-order chi connectivity index (χ0) is 7.49. The van der Waals surface area contributed by atoms with Crippen molar-refractivity contribution in [2.45, 2.75) is 0 Å². The van der Waals surface area contributed by atoms with E-state index in [9.17, 15) is 13.2 Å². The van der Waals surface area contributed by atoms with Crippen molar-refractivity contribution in [2.24, 2.45) is 0 Å². The largest absolute Gasteiger partial charge is 0.464 e. The molecule has 0 radical (unpaired) electrons. The molecule has 0 bridgehead atoms. The van der Waals surface area contributed by atoms with Crippen LogP contribution in [0.3, 0.4) is 0 Å². The minimum atomic E-state index is -3.46. The summed E-state index contributed by atoms with van der Waals surface area (Å²) in [5, 5.41) is 7.84. The Balaban J connectivity index is 3.67. The fourth-order valence-electron chi connectivity index (χ4n) is 0.136. The molecule has 0 saturated carbocycles. The summed E-state index contributed by atoms with van der Waals surface area (Å²) in [7, 11) is -3.46. The minimum absolute atomic E-state index is 0.836. The van der Waals surface area contributed by atoms with E-state index in [-0.39, 0.29) is 0 Å². The highest BCUT2D eigenvalue weighted by molar-refractivity contribution is 7.88. The second-order valence-electron chi connectivity index (χ2n) is 1.30. The zero-order valence-corrected chi connectivity index (χ0v) is 5.40. The van der Waals surface area contributed by atoms with Gasteiger partial charge in [-0.25, -0.2) is 18.6 Å². The molecule has 0 heterocycles. The van der Waals surface area contributed by atoms with Gasteiger partial charge in [-0.2, -0.15) is 0 Å². The molecule has 0 atom stereocenters. The van der Waals surface area contributed by atoms with Gasteiger partial charge in [-0.1, -0.05) is 0 Å². The lowest BCUT2D eigenvalue weighted by Crippen LogP contribution is -2.39. The summed E-state index contributed by atoms with van der Waals surface area (Å²) < 4.78 is 20.2. The average molecular weight is 154 g/mol. The maximum atomic E-state index is 10.1. The third-order valence-electron chi connectivity index (χ3n) is 0.343. The van der Waals surface area contributed by atoms with Crippen molar-refractivity contribution in [3.05, 3.63) is 0 Å². The first kappa shape index (κ1) is 8.18. The molecular weight excluding hydrogens is 148 g/mol. The normalized spacial score (nSPS) is 10.8. The Morgan fingerprint density at radius 2 is 2.00 bits per heavy atom. The maximum Gasteiger partial charge on any atom is 0.420 e. The third kappa shape index (κ3) is 7.18. The number of hydrogen-bond acceptors (Lipinski definition) is 3. The van der Waals surface area contributed by atoms with Crippen molar-refractivity contribution < 1.29 is 18.3 Å². The first-order chi connectivity index (χ1) is 3.92. The molecule has 0 aliphatic rings. The summed E-state index contributed by atoms with van der Waals surface area (Å²) in [6.07, 6.45) is -0.608. The standard InChI is InChI=1S/C2H6N2O4S/c1-9(7,8)4-3-2(5)6/h3-4H,1H3,(H,5,6). The van der Waals surface area contributed by atoms with Crippen LogP contribution in [0.4, 0.5) is 4.79 Å². The highest BCUT2D eigenvalue weighted by atomic mass is 32.2. The molecule has 3 N–H and O–H groups in total. The lowest BCUT2D eigenvalue weighted by atomic mass is 11.3. The highest BCUT2D eigenvalue weighted by Crippen LogP contribution is 1.66. The SMILES string of the molecule is CS(=O)(=O)NNC(=O)O. The predicted molar refractivity (Wildman–Crippen MR) is 29.1 cm³/mol. The summed E-state index contributed by atoms with van der Waals surface area (Å²) in [5.74, 6) is 0. The summed E-state index contributed by atoms with van der Waals surface area (Å²) in [6.45, 7) is 0. The molecule has 0 rings (SSSR count). The van der Waals surface area contributed by atoms with E-state index in [0.29, 0.717) is 0 Å². The van der Waals surface area contributed by atoms with Crippen molar-refractivity contribution in [1.29, 1.82) is 0 Å². The lowest BCUT2D eigenvalue weighted by Gasteiger charge is -1.97. The van der Waals surface area contributed by atoms with E-state index in [1.165, 1.54) is 5.43 Å². The van der Waals surface area contributed by atoms with Crippen molar-refractivity contribution in [1.82, 2.24) is 10.3 Å². The van der Waals surface area contributed by atoms with Crippen molar-refractivity contribution in [2.75, 3.05) is 6.26 Å². The van der Waals surface area contributed by atoms with E-state index in [1.54, 1.807) is 4.83 Å². The summed E-state index contributed by atoms with van der Waals surface area (Å²) in [6, 6.07) is 0. The second-order valence-corrected chi connectivity index (χ2v) is 3.05. The summed E-state index contributed by atoms with van der Waals surface area (Å²) >= 11 is 0. The molecule has 7 heteroatoms. The van der Waals surface area contributed by atoms with Crippen LogP contribution in [-0.4, -0.2) is 25.9 Å². The van der Waals surface area contributed by atoms with Crippen LogP contribution < -0.4 is 10.3 Å². The first-order valence-electron chi connectivity index (χ1n) is 1.87. The van der Waals surface area contributed by atoms with Gasteiger partial charge in [-0.15, -0.1) is 4.83 Å². The zero-order valence-electron chi connectivity index (χ0n) is 4.58. The average Bonchev–Trinajstić information content (AvgIpc) is 1.59. The van der Waals surface area contributed by atoms with Crippen LogP contribution in [0.1, 0.15) is 0 Å².